The Bertz CT molecular complexity index is 1590. The molecule has 1 aliphatic heterocycles. The van der Waals surface area contributed by atoms with Gasteiger partial charge >= 0.3 is 0 Å². The normalized spacial score (nSPS) is 22.3. The summed E-state index contributed by atoms with van der Waals surface area (Å²) in [6, 6.07) is 7.89. The largest absolute Gasteiger partial charge is 0.390 e. The molecule has 3 aromatic heterocycles. The molecule has 9 nitrogen and oxygen atoms in total. The van der Waals surface area contributed by atoms with Gasteiger partial charge in [0, 0.05) is 30.5 Å². The first kappa shape index (κ1) is 27.5. The van der Waals surface area contributed by atoms with Crippen LogP contribution in [0.4, 0.5) is 10.3 Å². The van der Waals surface area contributed by atoms with Crippen LogP contribution in [0.25, 0.3) is 22.3 Å². The third-order valence-electron chi connectivity index (χ3n) is 9.15. The van der Waals surface area contributed by atoms with Gasteiger partial charge in [0.05, 0.1) is 28.4 Å². The lowest BCUT2D eigenvalue weighted by atomic mass is 9.83. The van der Waals surface area contributed by atoms with Crippen molar-refractivity contribution in [2.45, 2.75) is 69.9 Å². The summed E-state index contributed by atoms with van der Waals surface area (Å²) in [7, 11) is 3.94. The molecule has 0 radical (unpaired) electrons. The number of anilines is 1. The summed E-state index contributed by atoms with van der Waals surface area (Å²) >= 11 is 0. The molecule has 0 unspecified atom stereocenters. The van der Waals surface area contributed by atoms with E-state index >= 15 is 4.39 Å². The Kier molecular flexibility index (Phi) is 7.15. The molecule has 6 rings (SSSR count). The first-order chi connectivity index (χ1) is 19.6. The molecule has 4 heterocycles. The molecular formula is C31H38FN7O2. The van der Waals surface area contributed by atoms with Gasteiger partial charge in [0.15, 0.2) is 5.82 Å². The van der Waals surface area contributed by atoms with Gasteiger partial charge in [-0.1, -0.05) is 6.07 Å². The van der Waals surface area contributed by atoms with Crippen molar-refractivity contribution in [2.24, 2.45) is 7.05 Å². The zero-order valence-corrected chi connectivity index (χ0v) is 24.2. The van der Waals surface area contributed by atoms with E-state index in [-0.39, 0.29) is 17.3 Å². The summed E-state index contributed by atoms with van der Waals surface area (Å²) in [4.78, 5) is 25.0. The van der Waals surface area contributed by atoms with Gasteiger partial charge in [-0.2, -0.15) is 5.10 Å². The lowest BCUT2D eigenvalue weighted by Gasteiger charge is -2.34. The number of nitrogens with one attached hydrogen (secondary N) is 1. The average molecular weight is 560 g/mol. The first-order valence-electron chi connectivity index (χ1n) is 14.5. The van der Waals surface area contributed by atoms with E-state index in [0.717, 1.165) is 55.5 Å². The fourth-order valence-electron chi connectivity index (χ4n) is 6.36. The average Bonchev–Trinajstić information content (AvgIpc) is 3.47. The fourth-order valence-corrected chi connectivity index (χ4v) is 6.36. The number of aliphatic hydroxyl groups is 1. The van der Waals surface area contributed by atoms with Crippen molar-refractivity contribution in [3.8, 4) is 11.3 Å². The highest BCUT2D eigenvalue weighted by Crippen LogP contribution is 2.39. The van der Waals surface area contributed by atoms with Crippen LogP contribution in [-0.2, 0) is 7.05 Å². The topological polar surface area (TPSA) is 101 Å². The van der Waals surface area contributed by atoms with E-state index in [0.29, 0.717) is 30.3 Å². The van der Waals surface area contributed by atoms with Crippen LogP contribution in [0.3, 0.4) is 0 Å². The summed E-state index contributed by atoms with van der Waals surface area (Å²) < 4.78 is 19.4. The van der Waals surface area contributed by atoms with E-state index in [2.05, 4.69) is 50.1 Å². The summed E-state index contributed by atoms with van der Waals surface area (Å²) in [5, 5.41) is 17.7. The molecule has 41 heavy (non-hydrogen) atoms. The minimum atomic E-state index is -0.696. The Labute approximate surface area is 239 Å². The van der Waals surface area contributed by atoms with Crippen molar-refractivity contribution in [2.75, 3.05) is 25.5 Å². The maximum absolute atomic E-state index is 15.7. The maximum atomic E-state index is 15.7. The van der Waals surface area contributed by atoms with Crippen LogP contribution in [0.2, 0.25) is 0 Å². The van der Waals surface area contributed by atoms with Gasteiger partial charge in [-0.15, -0.1) is 0 Å². The lowest BCUT2D eigenvalue weighted by Crippen LogP contribution is -2.32. The minimum absolute atomic E-state index is 0.0561. The molecule has 1 aliphatic carbocycles. The zero-order valence-electron chi connectivity index (χ0n) is 24.2. The molecule has 0 atom stereocenters. The van der Waals surface area contributed by atoms with Crippen LogP contribution in [0.5, 0.6) is 0 Å². The summed E-state index contributed by atoms with van der Waals surface area (Å²) in [6.45, 7) is 5.84. The Morgan fingerprint density at radius 3 is 2.54 bits per heavy atom. The highest BCUT2D eigenvalue weighted by atomic mass is 19.1. The van der Waals surface area contributed by atoms with Crippen molar-refractivity contribution < 1.29 is 14.3 Å². The molecule has 10 heteroatoms. The summed E-state index contributed by atoms with van der Waals surface area (Å²) in [5.74, 6) is -0.402. The Balaban J connectivity index is 1.36. The molecule has 1 aromatic carbocycles. The number of piperidine rings is 1. The molecule has 2 fully saturated rings. The third-order valence-corrected chi connectivity index (χ3v) is 9.15. The SMILES string of the molecule is Cc1c(-c2nccc(C(=O)Nc3nc4cc(C5CCN(C)CC5)ccc4n3[C@H]3CC[C@@](C)(O)CC3)c2F)cnn1C. The zero-order chi connectivity index (χ0) is 28.9. The second-order valence-electron chi connectivity index (χ2n) is 12.1. The van der Waals surface area contributed by atoms with Crippen LogP contribution in [0, 0.1) is 12.7 Å². The quantitative estimate of drug-likeness (QED) is 0.348. The number of pyridine rings is 1. The third kappa shape index (κ3) is 5.26. The molecule has 216 valence electrons. The van der Waals surface area contributed by atoms with Crippen molar-refractivity contribution >= 4 is 22.9 Å². The van der Waals surface area contributed by atoms with Gasteiger partial charge < -0.3 is 14.6 Å². The number of likely N-dealkylation sites (tertiary alicyclic amines) is 1. The highest BCUT2D eigenvalue weighted by molar-refractivity contribution is 6.05. The van der Waals surface area contributed by atoms with E-state index in [1.54, 1.807) is 17.9 Å². The predicted molar refractivity (Wildman–Crippen MR) is 156 cm³/mol. The van der Waals surface area contributed by atoms with E-state index in [1.165, 1.54) is 17.8 Å². The number of halogens is 1. The van der Waals surface area contributed by atoms with Crippen LogP contribution < -0.4 is 5.32 Å². The lowest BCUT2D eigenvalue weighted by molar-refractivity contribution is 0.0106. The molecule has 1 saturated carbocycles. The number of amides is 1. The number of aryl methyl sites for hydroxylation is 1. The highest BCUT2D eigenvalue weighted by Gasteiger charge is 2.32. The van der Waals surface area contributed by atoms with Gasteiger partial charge in [0.1, 0.15) is 5.69 Å². The molecule has 0 spiro atoms. The van der Waals surface area contributed by atoms with Gasteiger partial charge in [-0.05, 0) is 102 Å². The van der Waals surface area contributed by atoms with Crippen LogP contribution in [0.1, 0.15) is 79.0 Å². The molecule has 2 aliphatic rings. The van der Waals surface area contributed by atoms with E-state index in [9.17, 15) is 9.90 Å². The summed E-state index contributed by atoms with van der Waals surface area (Å²) in [5.41, 5.74) is 3.60. The van der Waals surface area contributed by atoms with Crippen molar-refractivity contribution in [3.63, 3.8) is 0 Å². The predicted octanol–water partition coefficient (Wildman–Crippen LogP) is 5.21. The van der Waals surface area contributed by atoms with Crippen molar-refractivity contribution in [1.29, 1.82) is 0 Å². The Morgan fingerprint density at radius 2 is 1.85 bits per heavy atom. The monoisotopic (exact) mass is 559 g/mol. The van der Waals surface area contributed by atoms with Crippen LogP contribution in [0.15, 0.2) is 36.7 Å². The molecule has 2 N–H and O–H groups in total. The standard InChI is InChI=1S/C31H38FN7O2/c1-19-24(18-34-38(19)4)28-27(32)23(9-14-33-28)29(40)36-30-35-25-17-21(20-10-15-37(3)16-11-20)5-6-26(25)39(30)22-7-12-31(2,41)13-8-22/h5-6,9,14,17-18,20,22,41H,7-8,10-13,15-16H2,1-4H3,(H,35,36,40)/t22-,31+. The molecule has 4 aromatic rings. The second-order valence-corrected chi connectivity index (χ2v) is 12.1. The Hall–Kier alpha value is -3.63. The number of carbonyl (C=O) groups excluding carboxylic acids is 1. The number of carbonyl (C=O) groups is 1. The molecule has 1 saturated heterocycles. The summed E-state index contributed by atoms with van der Waals surface area (Å²) in [6.07, 6.45) is 8.03. The first-order valence-corrected chi connectivity index (χ1v) is 14.5. The van der Waals surface area contributed by atoms with Gasteiger partial charge in [0.2, 0.25) is 5.95 Å². The van der Waals surface area contributed by atoms with Crippen LogP contribution in [-0.4, -0.2) is 66.0 Å². The van der Waals surface area contributed by atoms with E-state index in [1.807, 2.05) is 13.8 Å². The van der Waals surface area contributed by atoms with Gasteiger partial charge in [-0.3, -0.25) is 19.8 Å². The molecule has 0 bridgehead atoms. The van der Waals surface area contributed by atoms with Gasteiger partial charge in [0.25, 0.3) is 5.91 Å². The number of aromatic nitrogens is 5. The number of rotatable bonds is 5. The number of hydrogen-bond donors (Lipinski definition) is 2. The minimum Gasteiger partial charge on any atom is -0.390 e. The molecule has 1 amide bonds. The molecular weight excluding hydrogens is 521 g/mol. The smallest absolute Gasteiger partial charge is 0.261 e. The maximum Gasteiger partial charge on any atom is 0.261 e. The second kappa shape index (κ2) is 10.6. The fraction of sp³-hybridized carbons (Fsp3) is 0.484. The van der Waals surface area contributed by atoms with Crippen molar-refractivity contribution in [1.82, 2.24) is 29.2 Å². The number of nitrogens with zero attached hydrogens (tertiary/aromatic N) is 6. The van der Waals surface area contributed by atoms with Crippen molar-refractivity contribution in [3.05, 3.63) is 59.3 Å². The van der Waals surface area contributed by atoms with E-state index in [4.69, 9.17) is 4.98 Å². The van der Waals surface area contributed by atoms with Gasteiger partial charge in [-0.25, -0.2) is 9.37 Å². The number of hydrogen-bond acceptors (Lipinski definition) is 6. The number of benzene rings is 1. The van der Waals surface area contributed by atoms with E-state index < -0.39 is 17.3 Å². The number of imidazole rings is 1. The number of fused-ring (bicyclic) bond motifs is 1. The van der Waals surface area contributed by atoms with Crippen LogP contribution >= 0.6 is 0 Å². The Morgan fingerprint density at radius 1 is 1.12 bits per heavy atom.